The van der Waals surface area contributed by atoms with E-state index in [9.17, 15) is 14.7 Å². The molecule has 10 nitrogen and oxygen atoms in total. The Morgan fingerprint density at radius 2 is 1.76 bits per heavy atom. The highest BCUT2D eigenvalue weighted by Gasteiger charge is 2.35. The van der Waals surface area contributed by atoms with E-state index in [2.05, 4.69) is 15.5 Å². The number of para-hydroxylation sites is 2. The largest absolute Gasteiger partial charge is 0.397 e. The first-order valence-corrected chi connectivity index (χ1v) is 15.7. The summed E-state index contributed by atoms with van der Waals surface area (Å²) in [5.41, 5.74) is 10.3. The van der Waals surface area contributed by atoms with Gasteiger partial charge in [-0.25, -0.2) is 0 Å². The number of carbonyl (C=O) groups excluding carboxylic acids is 2. The van der Waals surface area contributed by atoms with Crippen molar-refractivity contribution in [1.82, 2.24) is 4.90 Å². The average molecular weight is 617 g/mol. The molecule has 5 rings (SSSR count). The molecule has 0 radical (unpaired) electrons. The monoisotopic (exact) mass is 616 g/mol. The lowest BCUT2D eigenvalue weighted by Crippen LogP contribution is -2.42. The fraction of sp³-hybridized carbons (Fsp3) is 0.429. The van der Waals surface area contributed by atoms with Gasteiger partial charge in [0.2, 0.25) is 11.8 Å². The van der Waals surface area contributed by atoms with Crippen molar-refractivity contribution in [2.45, 2.75) is 69.7 Å². The van der Waals surface area contributed by atoms with Crippen LogP contribution in [0.15, 0.2) is 72.8 Å². The van der Waals surface area contributed by atoms with Gasteiger partial charge in [0.25, 0.3) is 0 Å². The Morgan fingerprint density at radius 1 is 0.978 bits per heavy atom. The maximum atomic E-state index is 12.8. The molecule has 3 aromatic carbocycles. The summed E-state index contributed by atoms with van der Waals surface area (Å²) in [5, 5.41) is 15.2. The number of methoxy groups -OCH3 is 1. The van der Waals surface area contributed by atoms with Crippen LogP contribution in [0.3, 0.4) is 0 Å². The SMILES string of the molecule is COCC1CCCN1CC1CC(c2ccc(CO)cc2)OC(c2cccc(NC(=O)CCCC(=O)Nc3ccccc3N)c2)O1. The molecule has 2 heterocycles. The van der Waals surface area contributed by atoms with E-state index in [4.69, 9.17) is 19.9 Å². The number of likely N-dealkylation sites (tertiary alicyclic amines) is 1. The predicted octanol–water partition coefficient (Wildman–Crippen LogP) is 5.16. The van der Waals surface area contributed by atoms with Crippen LogP contribution in [0.4, 0.5) is 17.1 Å². The number of nitrogens with zero attached hydrogens (tertiary/aromatic N) is 1. The zero-order chi connectivity index (χ0) is 31.6. The van der Waals surface area contributed by atoms with Gasteiger partial charge in [-0.05, 0) is 61.2 Å². The Balaban J connectivity index is 1.21. The summed E-state index contributed by atoms with van der Waals surface area (Å²) in [5.74, 6) is -0.366. The van der Waals surface area contributed by atoms with E-state index < -0.39 is 6.29 Å². The molecule has 45 heavy (non-hydrogen) atoms. The van der Waals surface area contributed by atoms with E-state index in [1.807, 2.05) is 48.5 Å². The van der Waals surface area contributed by atoms with Crippen molar-refractivity contribution in [2.75, 3.05) is 43.2 Å². The third-order valence-corrected chi connectivity index (χ3v) is 8.40. The van der Waals surface area contributed by atoms with Crippen LogP contribution in [-0.2, 0) is 30.4 Å². The standard InChI is InChI=1S/C35H44N4O6/c1-43-23-28-9-6-18-39(28)21-29-20-32(25-16-14-24(22-40)15-17-25)45-35(44-29)26-7-4-8-27(19-26)37-33(41)12-5-13-34(42)38-31-11-3-2-10-30(31)36/h2-4,7-8,10-11,14-17,19,28-29,32,35,40H,5-6,9,12-13,18,20-23,36H2,1H3,(H,37,41)(H,38,42). The van der Waals surface area contributed by atoms with E-state index >= 15 is 0 Å². The molecule has 2 saturated heterocycles. The van der Waals surface area contributed by atoms with Gasteiger partial charge in [-0.2, -0.15) is 0 Å². The van der Waals surface area contributed by atoms with Crippen molar-refractivity contribution < 1.29 is 28.9 Å². The molecule has 2 aliphatic rings. The zero-order valence-corrected chi connectivity index (χ0v) is 25.8. The van der Waals surface area contributed by atoms with Gasteiger partial charge in [0.15, 0.2) is 6.29 Å². The van der Waals surface area contributed by atoms with Crippen molar-refractivity contribution in [3.05, 3.63) is 89.5 Å². The molecule has 240 valence electrons. The van der Waals surface area contributed by atoms with Gasteiger partial charge in [0, 0.05) is 50.2 Å². The number of rotatable bonds is 13. The van der Waals surface area contributed by atoms with Gasteiger partial charge in [-0.1, -0.05) is 48.5 Å². The van der Waals surface area contributed by atoms with E-state index in [-0.39, 0.29) is 43.5 Å². The molecule has 3 aromatic rings. The molecular formula is C35H44N4O6. The van der Waals surface area contributed by atoms with Gasteiger partial charge in [-0.3, -0.25) is 14.5 Å². The van der Waals surface area contributed by atoms with Crippen LogP contribution < -0.4 is 16.4 Å². The van der Waals surface area contributed by atoms with Crippen molar-refractivity contribution in [1.29, 1.82) is 0 Å². The second kappa shape index (κ2) is 16.0. The first kappa shape index (κ1) is 32.6. The summed E-state index contributed by atoms with van der Waals surface area (Å²) in [6, 6.07) is 22.8. The van der Waals surface area contributed by atoms with Crippen LogP contribution >= 0.6 is 0 Å². The molecule has 0 aliphatic carbocycles. The molecule has 2 aliphatic heterocycles. The number of nitrogen functional groups attached to an aromatic ring is 1. The Kier molecular flexibility index (Phi) is 11.6. The number of nitrogens with two attached hydrogens (primary N) is 1. The number of amides is 2. The van der Waals surface area contributed by atoms with Crippen molar-refractivity contribution in [2.24, 2.45) is 0 Å². The minimum Gasteiger partial charge on any atom is -0.397 e. The van der Waals surface area contributed by atoms with Gasteiger partial charge in [0.1, 0.15) is 0 Å². The van der Waals surface area contributed by atoms with Crippen LogP contribution in [0.2, 0.25) is 0 Å². The smallest absolute Gasteiger partial charge is 0.224 e. The van der Waals surface area contributed by atoms with Crippen LogP contribution in [0, 0.1) is 0 Å². The van der Waals surface area contributed by atoms with Gasteiger partial charge < -0.3 is 35.7 Å². The number of anilines is 3. The first-order valence-electron chi connectivity index (χ1n) is 15.7. The van der Waals surface area contributed by atoms with Crippen LogP contribution in [0.25, 0.3) is 0 Å². The quantitative estimate of drug-likeness (QED) is 0.193. The summed E-state index contributed by atoms with van der Waals surface area (Å²) >= 11 is 0. The van der Waals surface area contributed by atoms with Crippen LogP contribution in [0.5, 0.6) is 0 Å². The summed E-state index contributed by atoms with van der Waals surface area (Å²) in [7, 11) is 1.74. The summed E-state index contributed by atoms with van der Waals surface area (Å²) < 4.78 is 18.5. The van der Waals surface area contributed by atoms with Crippen LogP contribution in [0.1, 0.15) is 67.6 Å². The molecule has 0 spiro atoms. The number of hydrogen-bond acceptors (Lipinski definition) is 8. The predicted molar refractivity (Wildman–Crippen MR) is 173 cm³/mol. The average Bonchev–Trinajstić information content (AvgIpc) is 3.48. The number of aliphatic hydroxyl groups excluding tert-OH is 1. The topological polar surface area (TPSA) is 135 Å². The number of nitrogens with one attached hydrogen (secondary N) is 2. The Hall–Kier alpha value is -3.80. The number of hydrogen-bond donors (Lipinski definition) is 4. The highest BCUT2D eigenvalue weighted by molar-refractivity contribution is 5.94. The zero-order valence-electron chi connectivity index (χ0n) is 25.8. The normalized spacial score (nSPS) is 21.8. The fourth-order valence-electron chi connectivity index (χ4n) is 6.03. The Bertz CT molecular complexity index is 1420. The Morgan fingerprint density at radius 3 is 2.51 bits per heavy atom. The fourth-order valence-corrected chi connectivity index (χ4v) is 6.03. The van der Waals surface area contributed by atoms with E-state index in [1.165, 1.54) is 0 Å². The maximum absolute atomic E-state index is 12.8. The number of ether oxygens (including phenoxy) is 3. The van der Waals surface area contributed by atoms with Gasteiger partial charge in [-0.15, -0.1) is 0 Å². The lowest BCUT2D eigenvalue weighted by atomic mass is 9.99. The molecule has 0 aromatic heterocycles. The highest BCUT2D eigenvalue weighted by Crippen LogP contribution is 2.39. The minimum absolute atomic E-state index is 0.00939. The maximum Gasteiger partial charge on any atom is 0.224 e. The molecule has 0 bridgehead atoms. The molecule has 10 heteroatoms. The lowest BCUT2D eigenvalue weighted by molar-refractivity contribution is -0.253. The van der Waals surface area contributed by atoms with Gasteiger partial charge >= 0.3 is 0 Å². The third-order valence-electron chi connectivity index (χ3n) is 8.40. The van der Waals surface area contributed by atoms with Crippen LogP contribution in [-0.4, -0.2) is 60.8 Å². The molecule has 4 unspecified atom stereocenters. The minimum atomic E-state index is -0.624. The summed E-state index contributed by atoms with van der Waals surface area (Å²) in [6.07, 6.45) is 2.87. The molecule has 4 atom stereocenters. The first-order chi connectivity index (χ1) is 21.9. The second-order valence-corrected chi connectivity index (χ2v) is 11.8. The molecule has 2 amide bonds. The summed E-state index contributed by atoms with van der Waals surface area (Å²) in [6.45, 7) is 2.48. The lowest BCUT2D eigenvalue weighted by Gasteiger charge is -2.39. The Labute approximate surface area is 264 Å². The highest BCUT2D eigenvalue weighted by atomic mass is 16.7. The van der Waals surface area contributed by atoms with E-state index in [0.717, 1.165) is 42.6 Å². The molecule has 0 saturated carbocycles. The third kappa shape index (κ3) is 9.12. The van der Waals surface area contributed by atoms with E-state index in [0.29, 0.717) is 42.6 Å². The number of benzene rings is 3. The number of carbonyl (C=O) groups is 2. The molecule has 2 fully saturated rings. The number of aliphatic hydroxyl groups is 1. The van der Waals surface area contributed by atoms with Crippen molar-refractivity contribution in [3.8, 4) is 0 Å². The summed E-state index contributed by atoms with van der Waals surface area (Å²) in [4.78, 5) is 27.5. The van der Waals surface area contributed by atoms with Crippen molar-refractivity contribution >= 4 is 28.9 Å². The second-order valence-electron chi connectivity index (χ2n) is 11.8. The van der Waals surface area contributed by atoms with Gasteiger partial charge in [0.05, 0.1) is 36.8 Å². The van der Waals surface area contributed by atoms with Crippen molar-refractivity contribution in [3.63, 3.8) is 0 Å². The molecular weight excluding hydrogens is 572 g/mol. The molecule has 5 N–H and O–H groups in total. The van der Waals surface area contributed by atoms with E-state index in [1.54, 1.807) is 31.4 Å².